The minimum atomic E-state index is 0. The van der Waals surface area contributed by atoms with Gasteiger partial charge in [0.1, 0.15) is 0 Å². The normalized spacial score (nSPS) is 0. The Kier molecular flexibility index (Phi) is 877. The molecule has 0 aliphatic heterocycles. The zero-order valence-corrected chi connectivity index (χ0v) is 9.21. The van der Waals surface area contributed by atoms with Crippen LogP contribution in [0.25, 0.3) is 0 Å². The molecule has 0 radical (unpaired) electrons. The minimum Gasteiger partial charge on any atom is -2.00 e. The molecule has 0 saturated carbocycles. The zero-order chi connectivity index (χ0) is 0. The van der Waals surface area contributed by atoms with E-state index in [1.165, 1.54) is 0 Å². The SMILES string of the molecule is [Ca+2].[O-2].[O-2].[O-2].[O-2].[U]. The molecule has 6 heavy (non-hydrogen) atoms. The second-order valence-electron chi connectivity index (χ2n) is 0. The van der Waals surface area contributed by atoms with Crippen LogP contribution in [0.1, 0.15) is 0 Å². The number of hydrogen-bond acceptors (Lipinski definition) is 0. The molecule has 0 amide bonds. The maximum atomic E-state index is 0. The Morgan fingerprint density at radius 2 is 0.500 bits per heavy atom. The first-order valence-electron chi connectivity index (χ1n) is 0. The van der Waals surface area contributed by atoms with Crippen molar-refractivity contribution < 1.29 is 53.0 Å². The molecule has 0 unspecified atom stereocenters. The van der Waals surface area contributed by atoms with Gasteiger partial charge in [-0.25, -0.2) is 0 Å². The van der Waals surface area contributed by atoms with E-state index >= 15 is 0 Å². The van der Waals surface area contributed by atoms with E-state index < -0.39 is 0 Å². The second kappa shape index (κ2) is 58.5. The van der Waals surface area contributed by atoms with Crippen LogP contribution < -0.4 is 0 Å². The number of hydrogen-bond donors (Lipinski definition) is 0. The molecule has 0 aromatic carbocycles. The molecule has 36 valence electrons. The average molecular weight is 342 g/mol. The Morgan fingerprint density at radius 3 is 0.500 bits per heavy atom. The third-order valence-corrected chi connectivity index (χ3v) is 0. The van der Waals surface area contributed by atoms with Gasteiger partial charge in [0.15, 0.2) is 0 Å². The van der Waals surface area contributed by atoms with Crippen LogP contribution in [0, 0.1) is 31.1 Å². The van der Waals surface area contributed by atoms with Crippen LogP contribution in [0.15, 0.2) is 0 Å². The van der Waals surface area contributed by atoms with Gasteiger partial charge in [0.05, 0.1) is 0 Å². The summed E-state index contributed by atoms with van der Waals surface area (Å²) in [5.41, 5.74) is 0. The van der Waals surface area contributed by atoms with E-state index in [4.69, 9.17) is 0 Å². The van der Waals surface area contributed by atoms with Crippen molar-refractivity contribution in [2.75, 3.05) is 0 Å². The van der Waals surface area contributed by atoms with Gasteiger partial charge in [0.2, 0.25) is 0 Å². The van der Waals surface area contributed by atoms with E-state index in [-0.39, 0.29) is 90.8 Å². The summed E-state index contributed by atoms with van der Waals surface area (Å²) in [7, 11) is 0. The van der Waals surface area contributed by atoms with Gasteiger partial charge in [-0.05, 0) is 0 Å². The molecular formula is CaO4U-6. The van der Waals surface area contributed by atoms with Crippen molar-refractivity contribution >= 4 is 37.7 Å². The van der Waals surface area contributed by atoms with Crippen LogP contribution in [0.5, 0.6) is 0 Å². The number of rotatable bonds is 0. The average Bonchev–Trinajstić information content (AvgIpc) is 0. The molecule has 0 aromatic rings. The van der Waals surface area contributed by atoms with Gasteiger partial charge in [-0.2, -0.15) is 0 Å². The fraction of sp³-hybridized carbons (Fsp3) is 0. The predicted octanol–water partition coefficient (Wildman–Crippen LogP) is -0.856. The van der Waals surface area contributed by atoms with Gasteiger partial charge in [-0.3, -0.25) is 0 Å². The first-order valence-corrected chi connectivity index (χ1v) is 0. The van der Waals surface area contributed by atoms with Crippen molar-refractivity contribution in [1.82, 2.24) is 0 Å². The van der Waals surface area contributed by atoms with Crippen LogP contribution in [0.3, 0.4) is 0 Å². The van der Waals surface area contributed by atoms with E-state index in [0.29, 0.717) is 0 Å². The standard InChI is InChI=1S/Ca.4O.U/q+2;4*-2;. The van der Waals surface area contributed by atoms with Gasteiger partial charge in [-0.1, -0.05) is 0 Å². The largest absolute Gasteiger partial charge is 2.00 e. The van der Waals surface area contributed by atoms with Gasteiger partial charge < -0.3 is 21.9 Å². The molecule has 0 fully saturated rings. The van der Waals surface area contributed by atoms with E-state index in [0.717, 1.165) is 0 Å². The van der Waals surface area contributed by atoms with E-state index in [1.807, 2.05) is 0 Å². The molecule has 0 aliphatic carbocycles. The van der Waals surface area contributed by atoms with Crippen molar-refractivity contribution in [1.29, 1.82) is 0 Å². The molecule has 0 rings (SSSR count). The summed E-state index contributed by atoms with van der Waals surface area (Å²) in [5.74, 6) is 0. The van der Waals surface area contributed by atoms with Gasteiger partial charge >= 0.3 is 37.7 Å². The van der Waals surface area contributed by atoms with Gasteiger partial charge in [0, 0.05) is 31.1 Å². The molecule has 0 spiro atoms. The Hall–Kier alpha value is 2.15. The second-order valence-corrected chi connectivity index (χ2v) is 0. The summed E-state index contributed by atoms with van der Waals surface area (Å²) in [4.78, 5) is 0. The first kappa shape index (κ1) is 90.1. The van der Waals surface area contributed by atoms with Crippen LogP contribution >= 0.6 is 0 Å². The summed E-state index contributed by atoms with van der Waals surface area (Å²) < 4.78 is 0. The molecule has 0 saturated heterocycles. The molecule has 0 aliphatic rings. The van der Waals surface area contributed by atoms with Crippen molar-refractivity contribution in [3.05, 3.63) is 0 Å². The maximum absolute atomic E-state index is 0. The molecule has 0 bridgehead atoms. The van der Waals surface area contributed by atoms with E-state index in [9.17, 15) is 0 Å². The zero-order valence-electron chi connectivity index (χ0n) is 2.84. The van der Waals surface area contributed by atoms with E-state index in [2.05, 4.69) is 0 Å². The summed E-state index contributed by atoms with van der Waals surface area (Å²) in [6.45, 7) is 0. The summed E-state index contributed by atoms with van der Waals surface area (Å²) >= 11 is 0. The van der Waals surface area contributed by atoms with Crippen LogP contribution in [-0.4, -0.2) is 37.7 Å². The van der Waals surface area contributed by atoms with Gasteiger partial charge in [-0.15, -0.1) is 0 Å². The van der Waals surface area contributed by atoms with Crippen molar-refractivity contribution in [2.24, 2.45) is 0 Å². The van der Waals surface area contributed by atoms with Crippen LogP contribution in [0.2, 0.25) is 0 Å². The maximum Gasteiger partial charge on any atom is 2.00 e. The summed E-state index contributed by atoms with van der Waals surface area (Å²) in [6, 6.07) is 0. The Morgan fingerprint density at radius 1 is 0.500 bits per heavy atom. The molecule has 0 heterocycles. The topological polar surface area (TPSA) is 114 Å². The monoisotopic (exact) mass is 342 g/mol. The molecule has 0 N–H and O–H groups in total. The Labute approximate surface area is 89.3 Å². The Bertz CT molecular complexity index is 7.51. The van der Waals surface area contributed by atoms with E-state index in [1.54, 1.807) is 0 Å². The van der Waals surface area contributed by atoms with Crippen LogP contribution in [0.4, 0.5) is 0 Å². The van der Waals surface area contributed by atoms with Crippen molar-refractivity contribution in [3.8, 4) is 0 Å². The van der Waals surface area contributed by atoms with Gasteiger partial charge in [0.25, 0.3) is 0 Å². The molecule has 0 atom stereocenters. The van der Waals surface area contributed by atoms with Crippen LogP contribution in [-0.2, 0) is 21.9 Å². The predicted molar refractivity (Wildman–Crippen MR) is 8.50 cm³/mol. The quantitative estimate of drug-likeness (QED) is 0.510. The first-order chi connectivity index (χ1) is 0. The smallest absolute Gasteiger partial charge is 2.00 e. The fourth-order valence-electron chi connectivity index (χ4n) is 0. The molecule has 6 heteroatoms. The molecular weight excluding hydrogens is 342 g/mol. The Balaban J connectivity index is 0. The molecule has 4 nitrogen and oxygen atoms in total. The molecule has 0 aromatic heterocycles. The minimum absolute atomic E-state index is 0. The summed E-state index contributed by atoms with van der Waals surface area (Å²) in [5, 5.41) is 0. The fourth-order valence-corrected chi connectivity index (χ4v) is 0. The summed E-state index contributed by atoms with van der Waals surface area (Å²) in [6.07, 6.45) is 0. The van der Waals surface area contributed by atoms with Crippen molar-refractivity contribution in [3.63, 3.8) is 0 Å². The third kappa shape index (κ3) is 35.3. The third-order valence-electron chi connectivity index (χ3n) is 0. The van der Waals surface area contributed by atoms with Crippen molar-refractivity contribution in [2.45, 2.75) is 0 Å².